The van der Waals surface area contributed by atoms with Crippen LogP contribution < -0.4 is 4.90 Å². The van der Waals surface area contributed by atoms with Crippen molar-refractivity contribution in [1.82, 2.24) is 10.0 Å². The molecule has 0 atom stereocenters. The summed E-state index contributed by atoms with van der Waals surface area (Å²) in [5.74, 6) is 0.658. The molecule has 0 amide bonds. The first-order chi connectivity index (χ1) is 12.2. The lowest BCUT2D eigenvalue weighted by molar-refractivity contribution is -0.105. The number of pyridine rings is 1. The molecule has 1 aromatic carbocycles. The SMILES string of the molecule is C=CCN(C1=NCCN1OCc1ccccn1)c1c(Cl)cccc1Cl. The van der Waals surface area contributed by atoms with Crippen LogP contribution in [-0.2, 0) is 11.4 Å². The molecular formula is C18H18Cl2N4O. The summed E-state index contributed by atoms with van der Waals surface area (Å²) in [7, 11) is 0. The summed E-state index contributed by atoms with van der Waals surface area (Å²) in [6.45, 7) is 5.97. The van der Waals surface area contributed by atoms with E-state index in [1.807, 2.05) is 29.2 Å². The van der Waals surface area contributed by atoms with Crippen LogP contribution in [0.2, 0.25) is 10.0 Å². The van der Waals surface area contributed by atoms with Crippen LogP contribution in [0.1, 0.15) is 5.69 Å². The van der Waals surface area contributed by atoms with Gasteiger partial charge in [0.2, 0.25) is 5.96 Å². The number of halogens is 2. The van der Waals surface area contributed by atoms with Gasteiger partial charge in [-0.15, -0.1) is 6.58 Å². The third kappa shape index (κ3) is 4.12. The number of hydrogen-bond donors (Lipinski definition) is 0. The van der Waals surface area contributed by atoms with Crippen molar-refractivity contribution in [2.24, 2.45) is 4.99 Å². The van der Waals surface area contributed by atoms with Crippen molar-refractivity contribution in [3.05, 3.63) is 71.0 Å². The second kappa shape index (κ2) is 8.34. The molecule has 0 fully saturated rings. The average Bonchev–Trinajstić information content (AvgIpc) is 3.08. The third-order valence-electron chi connectivity index (χ3n) is 3.63. The van der Waals surface area contributed by atoms with Gasteiger partial charge >= 0.3 is 0 Å². The van der Waals surface area contributed by atoms with Crippen molar-refractivity contribution in [2.45, 2.75) is 6.61 Å². The zero-order valence-electron chi connectivity index (χ0n) is 13.6. The topological polar surface area (TPSA) is 41.0 Å². The van der Waals surface area contributed by atoms with Gasteiger partial charge in [0, 0.05) is 12.7 Å². The van der Waals surface area contributed by atoms with Gasteiger partial charge in [-0.1, -0.05) is 41.4 Å². The minimum atomic E-state index is 0.359. The Bertz CT molecular complexity index is 747. The van der Waals surface area contributed by atoms with Crippen molar-refractivity contribution in [3.8, 4) is 0 Å². The van der Waals surface area contributed by atoms with Crippen LogP contribution in [0.4, 0.5) is 5.69 Å². The van der Waals surface area contributed by atoms with Crippen molar-refractivity contribution < 1.29 is 4.84 Å². The number of benzene rings is 1. The van der Waals surface area contributed by atoms with E-state index in [0.29, 0.717) is 47.9 Å². The molecule has 0 bridgehead atoms. The Morgan fingerprint density at radius 2 is 2.00 bits per heavy atom. The Labute approximate surface area is 157 Å². The lowest BCUT2D eigenvalue weighted by Crippen LogP contribution is -2.42. The Balaban J connectivity index is 1.81. The number of aromatic nitrogens is 1. The monoisotopic (exact) mass is 376 g/mol. The van der Waals surface area contributed by atoms with E-state index in [1.165, 1.54) is 0 Å². The maximum atomic E-state index is 6.37. The largest absolute Gasteiger partial charge is 0.304 e. The predicted molar refractivity (Wildman–Crippen MR) is 102 cm³/mol. The van der Waals surface area contributed by atoms with Crippen LogP contribution in [0.15, 0.2) is 60.2 Å². The number of para-hydroxylation sites is 1. The minimum absolute atomic E-state index is 0.359. The molecule has 5 nitrogen and oxygen atoms in total. The van der Waals surface area contributed by atoms with Gasteiger partial charge in [-0.05, 0) is 24.3 Å². The smallest absolute Gasteiger partial charge is 0.226 e. The molecule has 0 aliphatic carbocycles. The van der Waals surface area contributed by atoms with Gasteiger partial charge < -0.3 is 4.90 Å². The third-order valence-corrected chi connectivity index (χ3v) is 4.24. The number of hydroxylamine groups is 2. The summed E-state index contributed by atoms with van der Waals surface area (Å²) in [6, 6.07) is 11.1. The first-order valence-electron chi connectivity index (χ1n) is 7.88. The van der Waals surface area contributed by atoms with Gasteiger partial charge in [0.25, 0.3) is 0 Å². The van der Waals surface area contributed by atoms with E-state index in [1.54, 1.807) is 29.5 Å². The Kier molecular flexibility index (Phi) is 5.91. The highest BCUT2D eigenvalue weighted by Gasteiger charge is 2.27. The lowest BCUT2D eigenvalue weighted by Gasteiger charge is -2.30. The van der Waals surface area contributed by atoms with Gasteiger partial charge in [0.15, 0.2) is 0 Å². The molecule has 3 rings (SSSR count). The second-order valence-electron chi connectivity index (χ2n) is 5.35. The Morgan fingerprint density at radius 1 is 1.20 bits per heavy atom. The molecule has 0 unspecified atom stereocenters. The molecule has 130 valence electrons. The number of aliphatic imine (C=N–C) groups is 1. The fourth-order valence-electron chi connectivity index (χ4n) is 2.54. The summed E-state index contributed by atoms with van der Waals surface area (Å²) in [5, 5.41) is 2.85. The van der Waals surface area contributed by atoms with Crippen LogP contribution in [0.3, 0.4) is 0 Å². The molecule has 1 aliphatic heterocycles. The molecule has 0 radical (unpaired) electrons. The van der Waals surface area contributed by atoms with E-state index in [0.717, 1.165) is 5.69 Å². The molecule has 1 aromatic heterocycles. The Morgan fingerprint density at radius 3 is 2.68 bits per heavy atom. The first kappa shape index (κ1) is 17.7. The lowest BCUT2D eigenvalue weighted by atomic mass is 10.3. The number of nitrogens with zero attached hydrogens (tertiary/aromatic N) is 4. The molecular weight excluding hydrogens is 359 g/mol. The quantitative estimate of drug-likeness (QED) is 0.708. The standard InChI is InChI=1S/C18H18Cl2N4O/c1-2-11-23(17-15(19)7-5-8-16(17)20)18-22-10-12-24(18)25-13-14-6-3-4-9-21-14/h2-9H,1,10-13H2. The first-order valence-corrected chi connectivity index (χ1v) is 8.63. The molecule has 25 heavy (non-hydrogen) atoms. The zero-order chi connectivity index (χ0) is 17.6. The fraction of sp³-hybridized carbons (Fsp3) is 0.222. The number of anilines is 1. The number of guanidine groups is 1. The van der Waals surface area contributed by atoms with Crippen LogP contribution >= 0.6 is 23.2 Å². The molecule has 0 saturated heterocycles. The van der Waals surface area contributed by atoms with Crippen LogP contribution in [0.5, 0.6) is 0 Å². The zero-order valence-corrected chi connectivity index (χ0v) is 15.1. The Hall–Kier alpha value is -2.08. The summed E-state index contributed by atoms with van der Waals surface area (Å²) in [4.78, 5) is 16.6. The number of rotatable bonds is 6. The van der Waals surface area contributed by atoms with E-state index in [4.69, 9.17) is 28.0 Å². The molecule has 2 aromatic rings. The van der Waals surface area contributed by atoms with Crippen molar-refractivity contribution in [3.63, 3.8) is 0 Å². The molecule has 7 heteroatoms. The van der Waals surface area contributed by atoms with Crippen molar-refractivity contribution in [2.75, 3.05) is 24.5 Å². The molecule has 0 N–H and O–H groups in total. The summed E-state index contributed by atoms with van der Waals surface area (Å²) in [6.07, 6.45) is 3.52. The number of hydrogen-bond acceptors (Lipinski definition) is 5. The maximum Gasteiger partial charge on any atom is 0.226 e. The molecule has 2 heterocycles. The predicted octanol–water partition coefficient (Wildman–Crippen LogP) is 4.18. The highest BCUT2D eigenvalue weighted by molar-refractivity contribution is 6.40. The van der Waals surface area contributed by atoms with Gasteiger partial charge in [-0.25, -0.2) is 10.1 Å². The molecule has 0 spiro atoms. The highest BCUT2D eigenvalue weighted by Crippen LogP contribution is 2.34. The van der Waals surface area contributed by atoms with E-state index in [9.17, 15) is 0 Å². The van der Waals surface area contributed by atoms with Gasteiger partial charge in [-0.3, -0.25) is 9.82 Å². The van der Waals surface area contributed by atoms with E-state index in [2.05, 4.69) is 16.6 Å². The van der Waals surface area contributed by atoms with Crippen LogP contribution in [0.25, 0.3) is 0 Å². The van der Waals surface area contributed by atoms with Crippen LogP contribution in [-0.4, -0.2) is 35.6 Å². The molecule has 1 aliphatic rings. The maximum absolute atomic E-state index is 6.37. The van der Waals surface area contributed by atoms with Gasteiger partial charge in [0.05, 0.1) is 34.5 Å². The van der Waals surface area contributed by atoms with E-state index < -0.39 is 0 Å². The van der Waals surface area contributed by atoms with E-state index in [-0.39, 0.29) is 0 Å². The highest BCUT2D eigenvalue weighted by atomic mass is 35.5. The summed E-state index contributed by atoms with van der Waals surface area (Å²) >= 11 is 12.7. The average molecular weight is 377 g/mol. The van der Waals surface area contributed by atoms with E-state index >= 15 is 0 Å². The van der Waals surface area contributed by atoms with Crippen molar-refractivity contribution >= 4 is 34.8 Å². The fourth-order valence-corrected chi connectivity index (χ4v) is 3.14. The summed E-state index contributed by atoms with van der Waals surface area (Å²) in [5.41, 5.74) is 1.54. The normalized spacial score (nSPS) is 13.7. The molecule has 0 saturated carbocycles. The van der Waals surface area contributed by atoms with Gasteiger partial charge in [0.1, 0.15) is 6.61 Å². The van der Waals surface area contributed by atoms with Crippen molar-refractivity contribution in [1.29, 1.82) is 0 Å². The van der Waals surface area contributed by atoms with Gasteiger partial charge in [-0.2, -0.15) is 0 Å². The minimum Gasteiger partial charge on any atom is -0.304 e. The second-order valence-corrected chi connectivity index (χ2v) is 6.16. The summed E-state index contributed by atoms with van der Waals surface area (Å²) < 4.78 is 0. The van der Waals surface area contributed by atoms with Crippen LogP contribution in [0, 0.1) is 0 Å².